The summed E-state index contributed by atoms with van der Waals surface area (Å²) in [5.41, 5.74) is 0.611. The molecule has 0 aliphatic carbocycles. The van der Waals surface area contributed by atoms with Crippen LogP contribution in [0.2, 0.25) is 0 Å². The van der Waals surface area contributed by atoms with Gasteiger partial charge >= 0.3 is 0 Å². The van der Waals surface area contributed by atoms with Gasteiger partial charge in [-0.25, -0.2) is 0 Å². The van der Waals surface area contributed by atoms with Gasteiger partial charge < -0.3 is 4.90 Å². The standard InChI is InChI=1S/C7H8N4OS/c1-5-6(13-10-9-5)7(12)11(2)4-3-8/h4H2,1-2H3. The second-order valence-corrected chi connectivity index (χ2v) is 3.26. The number of aromatic nitrogens is 2. The fourth-order valence-electron chi connectivity index (χ4n) is 0.779. The number of hydrogen-bond acceptors (Lipinski definition) is 5. The molecule has 0 saturated heterocycles. The zero-order valence-corrected chi connectivity index (χ0v) is 8.13. The van der Waals surface area contributed by atoms with Crippen LogP contribution in [-0.4, -0.2) is 34.0 Å². The van der Waals surface area contributed by atoms with Crippen molar-refractivity contribution in [2.75, 3.05) is 13.6 Å². The lowest BCUT2D eigenvalue weighted by molar-refractivity contribution is 0.0816. The predicted molar refractivity (Wildman–Crippen MR) is 47.2 cm³/mol. The van der Waals surface area contributed by atoms with Crippen molar-refractivity contribution in [2.45, 2.75) is 6.92 Å². The van der Waals surface area contributed by atoms with Crippen molar-refractivity contribution in [3.05, 3.63) is 10.6 Å². The number of aryl methyl sites for hydroxylation is 1. The number of carbonyl (C=O) groups is 1. The zero-order chi connectivity index (χ0) is 9.84. The number of hydrogen-bond donors (Lipinski definition) is 0. The van der Waals surface area contributed by atoms with Gasteiger partial charge in [0.1, 0.15) is 11.4 Å². The SMILES string of the molecule is Cc1nnsc1C(=O)N(C)CC#N. The maximum Gasteiger partial charge on any atom is 0.268 e. The van der Waals surface area contributed by atoms with E-state index in [0.717, 1.165) is 11.5 Å². The topological polar surface area (TPSA) is 69.9 Å². The van der Waals surface area contributed by atoms with Crippen LogP contribution in [0.25, 0.3) is 0 Å². The van der Waals surface area contributed by atoms with Crippen LogP contribution in [0.4, 0.5) is 0 Å². The van der Waals surface area contributed by atoms with E-state index in [0.29, 0.717) is 10.6 Å². The molecule has 5 nitrogen and oxygen atoms in total. The molecule has 1 amide bonds. The van der Waals surface area contributed by atoms with E-state index in [9.17, 15) is 4.79 Å². The summed E-state index contributed by atoms with van der Waals surface area (Å²) in [6.45, 7) is 1.80. The van der Waals surface area contributed by atoms with Crippen LogP contribution in [0.1, 0.15) is 15.4 Å². The molecule has 0 atom stereocenters. The van der Waals surface area contributed by atoms with Crippen molar-refractivity contribution in [1.29, 1.82) is 5.26 Å². The first-order chi connectivity index (χ1) is 6.16. The van der Waals surface area contributed by atoms with Crippen LogP contribution in [-0.2, 0) is 0 Å². The third kappa shape index (κ3) is 2.00. The van der Waals surface area contributed by atoms with Crippen molar-refractivity contribution >= 4 is 17.4 Å². The highest BCUT2D eigenvalue weighted by atomic mass is 32.1. The molecule has 1 rings (SSSR count). The Morgan fingerprint density at radius 2 is 2.46 bits per heavy atom. The van der Waals surface area contributed by atoms with Crippen molar-refractivity contribution < 1.29 is 4.79 Å². The van der Waals surface area contributed by atoms with Gasteiger partial charge in [0, 0.05) is 7.05 Å². The van der Waals surface area contributed by atoms with E-state index < -0.39 is 0 Å². The van der Waals surface area contributed by atoms with Gasteiger partial charge in [-0.3, -0.25) is 4.79 Å². The number of rotatable bonds is 2. The summed E-state index contributed by atoms with van der Waals surface area (Å²) in [5.74, 6) is -0.200. The Labute approximate surface area is 79.8 Å². The van der Waals surface area contributed by atoms with Gasteiger partial charge in [0.15, 0.2) is 0 Å². The van der Waals surface area contributed by atoms with E-state index in [-0.39, 0.29) is 12.5 Å². The molecule has 1 aromatic rings. The largest absolute Gasteiger partial charge is 0.328 e. The van der Waals surface area contributed by atoms with Crippen LogP contribution in [0.3, 0.4) is 0 Å². The average Bonchev–Trinajstić information content (AvgIpc) is 2.50. The van der Waals surface area contributed by atoms with Gasteiger partial charge in [0.2, 0.25) is 0 Å². The van der Waals surface area contributed by atoms with Gasteiger partial charge in [-0.05, 0) is 18.5 Å². The molecule has 0 aliphatic heterocycles. The lowest BCUT2D eigenvalue weighted by atomic mass is 10.3. The molecule has 0 N–H and O–H groups in total. The molecule has 0 fully saturated rings. The van der Waals surface area contributed by atoms with Gasteiger partial charge in [0.25, 0.3) is 5.91 Å². The van der Waals surface area contributed by atoms with Crippen LogP contribution < -0.4 is 0 Å². The highest BCUT2D eigenvalue weighted by molar-refractivity contribution is 7.07. The molecule has 0 aliphatic rings. The summed E-state index contributed by atoms with van der Waals surface area (Å²) in [4.78, 5) is 13.4. The van der Waals surface area contributed by atoms with Crippen molar-refractivity contribution in [2.24, 2.45) is 0 Å². The quantitative estimate of drug-likeness (QED) is 0.643. The molecule has 1 heterocycles. The van der Waals surface area contributed by atoms with Gasteiger partial charge in [0.05, 0.1) is 11.8 Å². The van der Waals surface area contributed by atoms with Gasteiger partial charge in [-0.1, -0.05) is 4.49 Å². The molecule has 0 unspecified atom stereocenters. The van der Waals surface area contributed by atoms with E-state index in [1.165, 1.54) is 4.90 Å². The molecule has 1 aromatic heterocycles. The minimum absolute atomic E-state index is 0.0795. The van der Waals surface area contributed by atoms with Crippen molar-refractivity contribution in [3.8, 4) is 6.07 Å². The minimum atomic E-state index is -0.200. The number of amides is 1. The second kappa shape index (κ2) is 3.96. The smallest absolute Gasteiger partial charge is 0.268 e. The highest BCUT2D eigenvalue weighted by Crippen LogP contribution is 2.11. The lowest BCUT2D eigenvalue weighted by Gasteiger charge is -2.10. The van der Waals surface area contributed by atoms with Crippen LogP contribution >= 0.6 is 11.5 Å². The molecule has 13 heavy (non-hydrogen) atoms. The third-order valence-electron chi connectivity index (χ3n) is 1.50. The van der Waals surface area contributed by atoms with Crippen molar-refractivity contribution in [3.63, 3.8) is 0 Å². The normalized spacial score (nSPS) is 9.31. The summed E-state index contributed by atoms with van der Waals surface area (Å²) in [5, 5.41) is 12.1. The van der Waals surface area contributed by atoms with Gasteiger partial charge in [-0.2, -0.15) is 5.26 Å². The molecule has 0 saturated carbocycles. The highest BCUT2D eigenvalue weighted by Gasteiger charge is 2.16. The lowest BCUT2D eigenvalue weighted by Crippen LogP contribution is -2.26. The zero-order valence-electron chi connectivity index (χ0n) is 7.31. The molecular formula is C7H8N4OS. The van der Waals surface area contributed by atoms with Crippen LogP contribution in [0.5, 0.6) is 0 Å². The second-order valence-electron chi connectivity index (χ2n) is 2.51. The molecule has 68 valence electrons. The van der Waals surface area contributed by atoms with Crippen molar-refractivity contribution in [1.82, 2.24) is 14.5 Å². The fourth-order valence-corrected chi connectivity index (χ4v) is 1.43. The maximum absolute atomic E-state index is 11.5. The maximum atomic E-state index is 11.5. The van der Waals surface area contributed by atoms with E-state index in [1.54, 1.807) is 14.0 Å². The number of nitriles is 1. The Hall–Kier alpha value is -1.48. The first kappa shape index (κ1) is 9.61. The van der Waals surface area contributed by atoms with Crippen LogP contribution in [0, 0.1) is 18.3 Å². The van der Waals surface area contributed by atoms with Crippen LogP contribution in [0.15, 0.2) is 0 Å². The summed E-state index contributed by atoms with van der Waals surface area (Å²) in [7, 11) is 1.57. The molecule has 6 heteroatoms. The molecule has 0 radical (unpaired) electrons. The molecule has 0 aromatic carbocycles. The molecular weight excluding hydrogens is 188 g/mol. The Balaban J connectivity index is 2.81. The first-order valence-electron chi connectivity index (χ1n) is 3.58. The monoisotopic (exact) mass is 196 g/mol. The predicted octanol–water partition coefficient (Wildman–Crippen LogP) is 0.442. The molecule has 0 spiro atoms. The Bertz CT molecular complexity index is 354. The first-order valence-corrected chi connectivity index (χ1v) is 4.35. The van der Waals surface area contributed by atoms with E-state index >= 15 is 0 Å². The number of nitrogens with zero attached hydrogens (tertiary/aromatic N) is 4. The van der Waals surface area contributed by atoms with Gasteiger partial charge in [-0.15, -0.1) is 5.10 Å². The Kier molecular flexibility index (Phi) is 2.93. The summed E-state index contributed by atoms with van der Waals surface area (Å²) in [6.07, 6.45) is 0. The minimum Gasteiger partial charge on any atom is -0.328 e. The summed E-state index contributed by atoms with van der Waals surface area (Å²) < 4.78 is 3.65. The fraction of sp³-hybridized carbons (Fsp3) is 0.429. The Morgan fingerprint density at radius 1 is 1.77 bits per heavy atom. The average molecular weight is 196 g/mol. The molecule has 0 bridgehead atoms. The summed E-state index contributed by atoms with van der Waals surface area (Å²) >= 11 is 1.05. The van der Waals surface area contributed by atoms with E-state index in [2.05, 4.69) is 9.59 Å². The Morgan fingerprint density at radius 3 is 2.92 bits per heavy atom. The van der Waals surface area contributed by atoms with E-state index in [4.69, 9.17) is 5.26 Å². The number of carbonyl (C=O) groups excluding carboxylic acids is 1. The summed E-state index contributed by atoms with van der Waals surface area (Å²) in [6, 6.07) is 1.90. The van der Waals surface area contributed by atoms with E-state index in [1.807, 2.05) is 6.07 Å². The third-order valence-corrected chi connectivity index (χ3v) is 2.32.